The van der Waals surface area contributed by atoms with Crippen LogP contribution in [0.25, 0.3) is 0 Å². The van der Waals surface area contributed by atoms with Gasteiger partial charge in [-0.25, -0.2) is 4.79 Å². The Kier molecular flexibility index (Phi) is 2.86. The van der Waals surface area contributed by atoms with E-state index in [2.05, 4.69) is 0 Å². The van der Waals surface area contributed by atoms with Crippen molar-refractivity contribution in [3.63, 3.8) is 0 Å². The third kappa shape index (κ3) is 2.67. The standard InChI is InChI=1S/C12H22N2O2/c1-12(2,3)16-11(15)14-5-4-8(7-14)9-6-10(9)13/h8-10H,4-7,13H2,1-3H3/t8?,9-,10+/m1/s1. The first kappa shape index (κ1) is 11.7. The number of likely N-dealkylation sites (tertiary alicyclic amines) is 1. The Morgan fingerprint density at radius 2 is 2.06 bits per heavy atom. The number of hydrogen-bond donors (Lipinski definition) is 1. The van der Waals surface area contributed by atoms with Gasteiger partial charge in [0.2, 0.25) is 0 Å². The zero-order valence-electron chi connectivity index (χ0n) is 10.4. The molecule has 0 aromatic heterocycles. The molecule has 2 fully saturated rings. The number of ether oxygens (including phenoxy) is 1. The van der Waals surface area contributed by atoms with Gasteiger partial charge in [0.1, 0.15) is 5.60 Å². The minimum Gasteiger partial charge on any atom is -0.444 e. The second-order valence-corrected chi connectivity index (χ2v) is 6.04. The lowest BCUT2D eigenvalue weighted by atomic mass is 10.0. The number of carbonyl (C=O) groups is 1. The molecule has 1 aliphatic carbocycles. The maximum atomic E-state index is 11.8. The van der Waals surface area contributed by atoms with Crippen LogP contribution in [-0.4, -0.2) is 35.7 Å². The molecule has 1 unspecified atom stereocenters. The van der Waals surface area contributed by atoms with Crippen LogP contribution in [0, 0.1) is 11.8 Å². The molecule has 4 nitrogen and oxygen atoms in total. The molecule has 0 aromatic carbocycles. The Bertz CT molecular complexity index is 285. The fourth-order valence-electron chi connectivity index (χ4n) is 2.41. The minimum atomic E-state index is -0.398. The number of hydrogen-bond acceptors (Lipinski definition) is 3. The minimum absolute atomic E-state index is 0.177. The summed E-state index contributed by atoms with van der Waals surface area (Å²) in [5.74, 6) is 1.25. The highest BCUT2D eigenvalue weighted by molar-refractivity contribution is 5.68. The van der Waals surface area contributed by atoms with Gasteiger partial charge < -0.3 is 15.4 Å². The van der Waals surface area contributed by atoms with Gasteiger partial charge in [-0.2, -0.15) is 0 Å². The molecule has 1 aliphatic heterocycles. The van der Waals surface area contributed by atoms with Crippen molar-refractivity contribution in [2.24, 2.45) is 17.6 Å². The molecular formula is C12H22N2O2. The second-order valence-electron chi connectivity index (χ2n) is 6.04. The molecule has 1 saturated carbocycles. The van der Waals surface area contributed by atoms with E-state index in [-0.39, 0.29) is 6.09 Å². The molecule has 0 spiro atoms. The van der Waals surface area contributed by atoms with Crippen molar-refractivity contribution in [1.82, 2.24) is 4.90 Å². The maximum Gasteiger partial charge on any atom is 0.410 e. The number of amides is 1. The van der Waals surface area contributed by atoms with Crippen molar-refractivity contribution in [2.45, 2.75) is 45.3 Å². The summed E-state index contributed by atoms with van der Waals surface area (Å²) in [6.45, 7) is 7.34. The van der Waals surface area contributed by atoms with E-state index in [1.807, 2.05) is 25.7 Å². The van der Waals surface area contributed by atoms with Crippen molar-refractivity contribution in [3.05, 3.63) is 0 Å². The first-order valence-corrected chi connectivity index (χ1v) is 6.10. The van der Waals surface area contributed by atoms with Crippen LogP contribution in [0.2, 0.25) is 0 Å². The van der Waals surface area contributed by atoms with Gasteiger partial charge in [-0.05, 0) is 45.4 Å². The molecule has 2 rings (SSSR count). The molecule has 2 aliphatic rings. The van der Waals surface area contributed by atoms with Gasteiger partial charge >= 0.3 is 6.09 Å². The van der Waals surface area contributed by atoms with Gasteiger partial charge in [-0.15, -0.1) is 0 Å². The summed E-state index contributed by atoms with van der Waals surface area (Å²) >= 11 is 0. The normalized spacial score (nSPS) is 34.0. The highest BCUT2D eigenvalue weighted by Gasteiger charge is 2.44. The summed E-state index contributed by atoms with van der Waals surface area (Å²) in [4.78, 5) is 13.6. The van der Waals surface area contributed by atoms with E-state index < -0.39 is 5.60 Å². The van der Waals surface area contributed by atoms with Crippen LogP contribution in [0.3, 0.4) is 0 Å². The Morgan fingerprint density at radius 3 is 2.56 bits per heavy atom. The van der Waals surface area contributed by atoms with Crippen LogP contribution in [-0.2, 0) is 4.74 Å². The van der Waals surface area contributed by atoms with Gasteiger partial charge in [-0.3, -0.25) is 0 Å². The van der Waals surface area contributed by atoms with E-state index in [1.54, 1.807) is 0 Å². The number of rotatable bonds is 1. The molecule has 1 heterocycles. The third-order valence-electron chi connectivity index (χ3n) is 3.37. The van der Waals surface area contributed by atoms with Crippen molar-refractivity contribution in [1.29, 1.82) is 0 Å². The fraction of sp³-hybridized carbons (Fsp3) is 0.917. The summed E-state index contributed by atoms with van der Waals surface area (Å²) < 4.78 is 5.35. The lowest BCUT2D eigenvalue weighted by Gasteiger charge is -2.24. The van der Waals surface area contributed by atoms with Crippen LogP contribution >= 0.6 is 0 Å². The van der Waals surface area contributed by atoms with Crippen molar-refractivity contribution < 1.29 is 9.53 Å². The third-order valence-corrected chi connectivity index (χ3v) is 3.37. The van der Waals surface area contributed by atoms with E-state index >= 15 is 0 Å². The molecule has 16 heavy (non-hydrogen) atoms. The van der Waals surface area contributed by atoms with Crippen LogP contribution in [0.15, 0.2) is 0 Å². The average Bonchev–Trinajstić information content (AvgIpc) is 2.69. The zero-order chi connectivity index (χ0) is 11.9. The zero-order valence-corrected chi connectivity index (χ0v) is 10.4. The van der Waals surface area contributed by atoms with Crippen molar-refractivity contribution >= 4 is 6.09 Å². The van der Waals surface area contributed by atoms with Crippen LogP contribution < -0.4 is 5.73 Å². The van der Waals surface area contributed by atoms with Gasteiger partial charge in [0.15, 0.2) is 0 Å². The molecule has 92 valence electrons. The molecule has 2 N–H and O–H groups in total. The van der Waals surface area contributed by atoms with Crippen molar-refractivity contribution in [2.75, 3.05) is 13.1 Å². The quantitative estimate of drug-likeness (QED) is 0.738. The molecule has 0 bridgehead atoms. The summed E-state index contributed by atoms with van der Waals surface area (Å²) in [6, 6.07) is 0.378. The Labute approximate surface area is 97.1 Å². The smallest absolute Gasteiger partial charge is 0.410 e. The number of nitrogens with two attached hydrogens (primary N) is 1. The average molecular weight is 226 g/mol. The monoisotopic (exact) mass is 226 g/mol. The van der Waals surface area contributed by atoms with E-state index in [4.69, 9.17) is 10.5 Å². The van der Waals surface area contributed by atoms with E-state index in [0.717, 1.165) is 25.9 Å². The first-order chi connectivity index (χ1) is 7.37. The highest BCUT2D eigenvalue weighted by atomic mass is 16.6. The molecule has 3 atom stereocenters. The fourth-order valence-corrected chi connectivity index (χ4v) is 2.41. The summed E-state index contributed by atoms with van der Waals surface area (Å²) in [6.07, 6.45) is 2.04. The summed E-state index contributed by atoms with van der Waals surface area (Å²) in [7, 11) is 0. The van der Waals surface area contributed by atoms with Gasteiger partial charge in [0.25, 0.3) is 0 Å². The Balaban J connectivity index is 1.82. The van der Waals surface area contributed by atoms with Crippen LogP contribution in [0.1, 0.15) is 33.6 Å². The van der Waals surface area contributed by atoms with E-state index in [9.17, 15) is 4.79 Å². The lowest BCUT2D eigenvalue weighted by molar-refractivity contribution is 0.0286. The SMILES string of the molecule is CC(C)(C)OC(=O)N1CCC([C@H]2C[C@@H]2N)C1. The predicted octanol–water partition coefficient (Wildman–Crippen LogP) is 1.59. The largest absolute Gasteiger partial charge is 0.444 e. The topological polar surface area (TPSA) is 55.6 Å². The van der Waals surface area contributed by atoms with Crippen LogP contribution in [0.5, 0.6) is 0 Å². The van der Waals surface area contributed by atoms with Crippen LogP contribution in [0.4, 0.5) is 4.79 Å². The Hall–Kier alpha value is -0.770. The highest BCUT2D eigenvalue weighted by Crippen LogP contribution is 2.40. The number of nitrogens with zero attached hydrogens (tertiary/aromatic N) is 1. The summed E-state index contributed by atoms with van der Waals surface area (Å²) in [5, 5.41) is 0. The summed E-state index contributed by atoms with van der Waals surface area (Å²) in [5.41, 5.74) is 5.44. The van der Waals surface area contributed by atoms with Gasteiger partial charge in [0.05, 0.1) is 0 Å². The molecule has 1 amide bonds. The number of carbonyl (C=O) groups excluding carboxylic acids is 1. The lowest BCUT2D eigenvalue weighted by Crippen LogP contribution is -2.35. The maximum absolute atomic E-state index is 11.8. The molecule has 0 aromatic rings. The molecule has 4 heteroatoms. The molecular weight excluding hydrogens is 204 g/mol. The molecule has 1 saturated heterocycles. The molecule has 0 radical (unpaired) electrons. The second kappa shape index (κ2) is 3.91. The predicted molar refractivity (Wildman–Crippen MR) is 62.0 cm³/mol. The Morgan fingerprint density at radius 1 is 1.44 bits per heavy atom. The van der Waals surface area contributed by atoms with E-state index in [0.29, 0.717) is 17.9 Å². The van der Waals surface area contributed by atoms with Gasteiger partial charge in [-0.1, -0.05) is 0 Å². The first-order valence-electron chi connectivity index (χ1n) is 6.10. The van der Waals surface area contributed by atoms with Crippen molar-refractivity contribution in [3.8, 4) is 0 Å². The van der Waals surface area contributed by atoms with Gasteiger partial charge in [0, 0.05) is 19.1 Å². The van der Waals surface area contributed by atoms with E-state index in [1.165, 1.54) is 0 Å².